The van der Waals surface area contributed by atoms with E-state index in [1.807, 2.05) is 66.7 Å². The van der Waals surface area contributed by atoms with Crippen LogP contribution in [0.2, 0.25) is 0 Å². The fourth-order valence-corrected chi connectivity index (χ4v) is 4.22. The Morgan fingerprint density at radius 1 is 1.06 bits per heavy atom. The normalized spacial score (nSPS) is 11.5. The molecule has 0 fully saturated rings. The fourth-order valence-electron chi connectivity index (χ4n) is 3.22. The van der Waals surface area contributed by atoms with Crippen LogP contribution in [-0.2, 0) is 4.74 Å². The molecule has 0 unspecified atom stereocenters. The van der Waals surface area contributed by atoms with E-state index in [-0.39, 0.29) is 12.3 Å². The third-order valence-electron chi connectivity index (χ3n) is 4.75. The molecule has 0 saturated carbocycles. The van der Waals surface area contributed by atoms with Gasteiger partial charge in [0.05, 0.1) is 12.3 Å². The molecule has 164 valence electrons. The van der Waals surface area contributed by atoms with Crippen molar-refractivity contribution in [2.45, 2.75) is 6.92 Å². The molecule has 8 nitrogen and oxygen atoms in total. The number of hydrogen-bond donors (Lipinski definition) is 0. The van der Waals surface area contributed by atoms with Gasteiger partial charge in [-0.1, -0.05) is 57.6 Å². The third-order valence-corrected chi connectivity index (χ3v) is 6.14. The summed E-state index contributed by atoms with van der Waals surface area (Å²) in [6.45, 7) is 2.04. The molecular weight excluding hydrogens is 504 g/mol. The first-order valence-electron chi connectivity index (χ1n) is 10.1. The Hall–Kier alpha value is -3.63. The van der Waals surface area contributed by atoms with E-state index >= 15 is 0 Å². The number of ether oxygens (including phenoxy) is 1. The van der Waals surface area contributed by atoms with Gasteiger partial charge in [-0.25, -0.2) is 9.48 Å². The molecule has 5 rings (SSSR count). The number of nitrogens with zero attached hydrogens (tertiary/aromatic N) is 6. The number of halogens is 1. The summed E-state index contributed by atoms with van der Waals surface area (Å²) in [4.78, 5) is 13.2. The molecule has 33 heavy (non-hydrogen) atoms. The first-order valence-corrected chi connectivity index (χ1v) is 11.7. The predicted octanol–water partition coefficient (Wildman–Crippen LogP) is 5.15. The van der Waals surface area contributed by atoms with Crippen LogP contribution in [0.1, 0.15) is 28.0 Å². The lowest BCUT2D eigenvalue weighted by molar-refractivity contribution is 0.0518. The maximum absolute atomic E-state index is 12.5. The highest BCUT2D eigenvalue weighted by atomic mass is 79.9. The Balaban J connectivity index is 1.49. The molecule has 3 aromatic heterocycles. The summed E-state index contributed by atoms with van der Waals surface area (Å²) in [6, 6.07) is 17.4. The molecule has 0 N–H and O–H groups in total. The monoisotopic (exact) mass is 520 g/mol. The standard InChI is InChI=1S/C23H17BrN6O2S/c1-2-32-22(31)20-16(14-29(28-20)18-6-4-3-5-7-18)10-13-19-27-30-21(25-26-23(30)33-19)15-8-11-17(24)12-9-15/h3-14H,2H2,1H3/b13-10+. The van der Waals surface area contributed by atoms with Crippen molar-refractivity contribution in [1.29, 1.82) is 0 Å². The molecule has 0 aliphatic rings. The molecule has 2 aromatic carbocycles. The summed E-state index contributed by atoms with van der Waals surface area (Å²) in [5, 5.41) is 18.3. The Morgan fingerprint density at radius 2 is 1.85 bits per heavy atom. The van der Waals surface area contributed by atoms with Gasteiger partial charge in [-0.15, -0.1) is 10.2 Å². The molecule has 0 radical (unpaired) electrons. The first kappa shape index (κ1) is 21.2. The molecule has 0 spiro atoms. The van der Waals surface area contributed by atoms with Crippen molar-refractivity contribution in [2.75, 3.05) is 6.61 Å². The summed E-state index contributed by atoms with van der Waals surface area (Å²) in [6.07, 6.45) is 5.44. The van der Waals surface area contributed by atoms with Crippen molar-refractivity contribution in [3.63, 3.8) is 0 Å². The second-order valence-corrected chi connectivity index (χ2v) is 8.84. The summed E-state index contributed by atoms with van der Waals surface area (Å²) in [5.41, 5.74) is 2.65. The number of fused-ring (bicyclic) bond motifs is 1. The Bertz CT molecular complexity index is 1450. The van der Waals surface area contributed by atoms with Crippen molar-refractivity contribution < 1.29 is 9.53 Å². The highest BCUT2D eigenvalue weighted by molar-refractivity contribution is 9.10. The van der Waals surface area contributed by atoms with E-state index in [2.05, 4.69) is 36.3 Å². The molecule has 0 amide bonds. The summed E-state index contributed by atoms with van der Waals surface area (Å²) < 4.78 is 9.56. The van der Waals surface area contributed by atoms with Crippen LogP contribution >= 0.6 is 27.3 Å². The third kappa shape index (κ3) is 4.35. The van der Waals surface area contributed by atoms with Crippen molar-refractivity contribution in [3.8, 4) is 17.1 Å². The quantitative estimate of drug-likeness (QED) is 0.288. The van der Waals surface area contributed by atoms with Crippen molar-refractivity contribution >= 4 is 50.3 Å². The number of rotatable bonds is 6. The minimum atomic E-state index is -0.470. The average Bonchev–Trinajstić information content (AvgIpc) is 3.53. The molecular formula is C23H17BrN6O2S. The Morgan fingerprint density at radius 3 is 2.61 bits per heavy atom. The van der Waals surface area contributed by atoms with Gasteiger partial charge in [0.2, 0.25) is 4.96 Å². The second-order valence-electron chi connectivity index (χ2n) is 6.93. The van der Waals surface area contributed by atoms with Gasteiger partial charge in [-0.2, -0.15) is 14.7 Å². The molecule has 10 heteroatoms. The van der Waals surface area contributed by atoms with E-state index in [4.69, 9.17) is 4.74 Å². The van der Waals surface area contributed by atoms with Crippen molar-refractivity contribution in [3.05, 3.63) is 81.5 Å². The van der Waals surface area contributed by atoms with Gasteiger partial charge in [-0.3, -0.25) is 0 Å². The van der Waals surface area contributed by atoms with Gasteiger partial charge in [0, 0.05) is 21.8 Å². The molecule has 0 bridgehead atoms. The van der Waals surface area contributed by atoms with Crippen molar-refractivity contribution in [1.82, 2.24) is 29.6 Å². The van der Waals surface area contributed by atoms with Gasteiger partial charge in [0.1, 0.15) is 5.01 Å². The molecule has 0 saturated heterocycles. The lowest BCUT2D eigenvalue weighted by Gasteiger charge is -2.00. The number of carbonyl (C=O) groups excluding carboxylic acids is 1. The van der Waals surface area contributed by atoms with Crippen LogP contribution in [-0.4, -0.2) is 42.2 Å². The summed E-state index contributed by atoms with van der Waals surface area (Å²) in [5.74, 6) is 0.194. The molecule has 3 heterocycles. The van der Waals surface area contributed by atoms with Crippen LogP contribution < -0.4 is 0 Å². The smallest absolute Gasteiger partial charge is 0.359 e. The van der Waals surface area contributed by atoms with Gasteiger partial charge in [0.25, 0.3) is 0 Å². The Kier molecular flexibility index (Phi) is 5.84. The predicted molar refractivity (Wildman–Crippen MR) is 130 cm³/mol. The highest BCUT2D eigenvalue weighted by Gasteiger charge is 2.18. The number of aromatic nitrogens is 6. The van der Waals surface area contributed by atoms with E-state index in [1.165, 1.54) is 11.3 Å². The lowest BCUT2D eigenvalue weighted by atomic mass is 10.2. The number of benzene rings is 2. The summed E-state index contributed by atoms with van der Waals surface area (Å²) in [7, 11) is 0. The number of carbonyl (C=O) groups is 1. The molecule has 0 aliphatic carbocycles. The second kappa shape index (κ2) is 9.08. The molecule has 5 aromatic rings. The first-order chi connectivity index (χ1) is 16.1. The van der Waals surface area contributed by atoms with E-state index in [0.29, 0.717) is 16.3 Å². The molecule has 0 aliphatic heterocycles. The van der Waals surface area contributed by atoms with Crippen LogP contribution in [0.3, 0.4) is 0 Å². The zero-order valence-electron chi connectivity index (χ0n) is 17.4. The fraction of sp³-hybridized carbons (Fsp3) is 0.0870. The van der Waals surface area contributed by atoms with Gasteiger partial charge < -0.3 is 4.74 Å². The van der Waals surface area contributed by atoms with E-state index in [1.54, 1.807) is 22.3 Å². The average molecular weight is 521 g/mol. The Labute approximate surface area is 201 Å². The van der Waals surface area contributed by atoms with Crippen molar-refractivity contribution in [2.24, 2.45) is 0 Å². The maximum Gasteiger partial charge on any atom is 0.359 e. The summed E-state index contributed by atoms with van der Waals surface area (Å²) >= 11 is 4.84. The van der Waals surface area contributed by atoms with Gasteiger partial charge in [0.15, 0.2) is 11.5 Å². The zero-order valence-corrected chi connectivity index (χ0v) is 19.8. The topological polar surface area (TPSA) is 87.2 Å². The highest BCUT2D eigenvalue weighted by Crippen LogP contribution is 2.24. The van der Waals surface area contributed by atoms with Crippen LogP contribution in [0.25, 0.3) is 34.2 Å². The minimum absolute atomic E-state index is 0.246. The van der Waals surface area contributed by atoms with Crippen LogP contribution in [0.15, 0.2) is 65.3 Å². The van der Waals surface area contributed by atoms with Crippen LogP contribution in [0, 0.1) is 0 Å². The minimum Gasteiger partial charge on any atom is -0.461 e. The van der Waals surface area contributed by atoms with E-state index in [0.717, 1.165) is 20.7 Å². The van der Waals surface area contributed by atoms with Gasteiger partial charge >= 0.3 is 5.97 Å². The van der Waals surface area contributed by atoms with E-state index in [9.17, 15) is 4.79 Å². The van der Waals surface area contributed by atoms with Gasteiger partial charge in [-0.05, 0) is 43.3 Å². The largest absolute Gasteiger partial charge is 0.461 e. The zero-order chi connectivity index (χ0) is 22.8. The maximum atomic E-state index is 12.5. The van der Waals surface area contributed by atoms with Crippen LogP contribution in [0.5, 0.6) is 0 Å². The van der Waals surface area contributed by atoms with Crippen LogP contribution in [0.4, 0.5) is 0 Å². The number of esters is 1. The number of para-hydroxylation sites is 1. The van der Waals surface area contributed by atoms with E-state index < -0.39 is 5.97 Å². The lowest BCUT2D eigenvalue weighted by Crippen LogP contribution is -2.07. The number of hydrogen-bond acceptors (Lipinski definition) is 7. The molecule has 0 atom stereocenters. The SMILES string of the molecule is CCOC(=O)c1nn(-c2ccccc2)cc1/C=C/c1nn2c(-c3ccc(Br)cc3)nnc2s1.